The van der Waals surface area contributed by atoms with Gasteiger partial charge >= 0.3 is 0 Å². The molecule has 0 atom stereocenters. The van der Waals surface area contributed by atoms with E-state index in [9.17, 15) is 4.79 Å². The Balaban J connectivity index is 1.80. The second-order valence-corrected chi connectivity index (χ2v) is 8.13. The maximum atomic E-state index is 12.5. The smallest absolute Gasteiger partial charge is 0.257 e. The van der Waals surface area contributed by atoms with Crippen LogP contribution >= 0.6 is 23.2 Å². The summed E-state index contributed by atoms with van der Waals surface area (Å²) in [7, 11) is 0. The zero-order valence-electron chi connectivity index (χ0n) is 15.4. The average molecular weight is 399 g/mol. The maximum Gasteiger partial charge on any atom is 0.257 e. The molecule has 0 bridgehead atoms. The topological polar surface area (TPSA) is 42.0 Å². The Hall–Kier alpha value is -2.36. The summed E-state index contributed by atoms with van der Waals surface area (Å²) in [5.74, 6) is -0.265. The number of pyridine rings is 1. The van der Waals surface area contributed by atoms with Crippen LogP contribution in [0.3, 0.4) is 0 Å². The van der Waals surface area contributed by atoms with E-state index in [4.69, 9.17) is 23.2 Å². The standard InChI is InChI=1S/C22H20Cl2N2O/c1-22(2,3)15-8-10-16(11-9-15)26-21(27)14-12-19(24)20(25-13-14)17-6-4-5-7-18(17)23/h4-13H,1-3H3,(H,26,27). The summed E-state index contributed by atoms with van der Waals surface area (Å²) in [5.41, 5.74) is 3.65. The van der Waals surface area contributed by atoms with Gasteiger partial charge in [0, 0.05) is 17.4 Å². The van der Waals surface area contributed by atoms with Gasteiger partial charge in [0.05, 0.1) is 21.3 Å². The van der Waals surface area contributed by atoms with Crippen LogP contribution in [0.25, 0.3) is 11.3 Å². The molecule has 0 aliphatic heterocycles. The number of nitrogens with zero attached hydrogens (tertiary/aromatic N) is 1. The molecule has 0 saturated carbocycles. The molecule has 0 unspecified atom stereocenters. The summed E-state index contributed by atoms with van der Waals surface area (Å²) in [5, 5.41) is 3.80. The van der Waals surface area contributed by atoms with Crippen molar-refractivity contribution in [1.82, 2.24) is 4.98 Å². The summed E-state index contributed by atoms with van der Waals surface area (Å²) < 4.78 is 0. The molecule has 0 radical (unpaired) electrons. The van der Waals surface area contributed by atoms with Crippen LogP contribution in [0.2, 0.25) is 10.0 Å². The van der Waals surface area contributed by atoms with Gasteiger partial charge in [-0.15, -0.1) is 0 Å². The van der Waals surface area contributed by atoms with Crippen molar-refractivity contribution < 1.29 is 4.79 Å². The zero-order chi connectivity index (χ0) is 19.6. The fourth-order valence-corrected chi connectivity index (χ4v) is 3.16. The van der Waals surface area contributed by atoms with Crippen molar-refractivity contribution in [3.8, 4) is 11.3 Å². The minimum Gasteiger partial charge on any atom is -0.322 e. The van der Waals surface area contributed by atoms with Gasteiger partial charge in [0.1, 0.15) is 0 Å². The van der Waals surface area contributed by atoms with Crippen molar-refractivity contribution in [2.75, 3.05) is 5.32 Å². The van der Waals surface area contributed by atoms with E-state index < -0.39 is 0 Å². The third-order valence-corrected chi connectivity index (χ3v) is 4.86. The van der Waals surface area contributed by atoms with Crippen LogP contribution in [0.4, 0.5) is 5.69 Å². The largest absolute Gasteiger partial charge is 0.322 e. The molecule has 3 aromatic rings. The molecule has 2 aromatic carbocycles. The Bertz CT molecular complexity index is 976. The van der Waals surface area contributed by atoms with E-state index in [0.717, 1.165) is 11.3 Å². The molecule has 138 valence electrons. The molecule has 0 aliphatic carbocycles. The van der Waals surface area contributed by atoms with E-state index in [-0.39, 0.29) is 11.3 Å². The fraction of sp³-hybridized carbons (Fsp3) is 0.182. The van der Waals surface area contributed by atoms with Gasteiger partial charge in [-0.1, -0.05) is 74.3 Å². The van der Waals surface area contributed by atoms with Crippen LogP contribution < -0.4 is 5.32 Å². The lowest BCUT2D eigenvalue weighted by Crippen LogP contribution is -2.14. The predicted octanol–water partition coefficient (Wildman–Crippen LogP) is 6.61. The molecule has 0 saturated heterocycles. The first-order valence-electron chi connectivity index (χ1n) is 8.58. The number of anilines is 1. The first kappa shape index (κ1) is 19.4. The molecule has 0 spiro atoms. The summed E-state index contributed by atoms with van der Waals surface area (Å²) in [6, 6.07) is 16.7. The normalized spacial score (nSPS) is 11.3. The van der Waals surface area contributed by atoms with Gasteiger partial charge < -0.3 is 5.32 Å². The first-order chi connectivity index (χ1) is 12.8. The van der Waals surface area contributed by atoms with Crippen molar-refractivity contribution in [2.45, 2.75) is 26.2 Å². The Morgan fingerprint density at radius 3 is 2.22 bits per heavy atom. The molecule has 27 heavy (non-hydrogen) atoms. The number of nitrogens with one attached hydrogen (secondary N) is 1. The fourth-order valence-electron chi connectivity index (χ4n) is 2.67. The number of hydrogen-bond donors (Lipinski definition) is 1. The number of carbonyl (C=O) groups is 1. The number of halogens is 2. The molecule has 1 heterocycles. The number of rotatable bonds is 3. The lowest BCUT2D eigenvalue weighted by molar-refractivity contribution is 0.102. The minimum atomic E-state index is -0.265. The third kappa shape index (κ3) is 4.49. The maximum absolute atomic E-state index is 12.5. The Morgan fingerprint density at radius 2 is 1.63 bits per heavy atom. The highest BCUT2D eigenvalue weighted by Crippen LogP contribution is 2.32. The molecule has 3 rings (SSSR count). The summed E-state index contributed by atoms with van der Waals surface area (Å²) in [6.07, 6.45) is 1.50. The van der Waals surface area contributed by atoms with E-state index in [1.54, 1.807) is 12.1 Å². The molecule has 3 nitrogen and oxygen atoms in total. The number of hydrogen-bond acceptors (Lipinski definition) is 2. The van der Waals surface area contributed by atoms with Crippen molar-refractivity contribution in [3.05, 3.63) is 82.0 Å². The highest BCUT2D eigenvalue weighted by atomic mass is 35.5. The van der Waals surface area contributed by atoms with Gasteiger partial charge in [0.25, 0.3) is 5.91 Å². The second-order valence-electron chi connectivity index (χ2n) is 7.32. The second kappa shape index (κ2) is 7.71. The quantitative estimate of drug-likeness (QED) is 0.539. The van der Waals surface area contributed by atoms with Crippen LogP contribution in [0, 0.1) is 0 Å². The third-order valence-electron chi connectivity index (χ3n) is 4.24. The Labute approximate surface area is 169 Å². The van der Waals surface area contributed by atoms with Crippen LogP contribution in [0.5, 0.6) is 0 Å². The van der Waals surface area contributed by atoms with E-state index in [0.29, 0.717) is 21.3 Å². The van der Waals surface area contributed by atoms with Gasteiger partial charge in [0.15, 0.2) is 0 Å². The number of carbonyl (C=O) groups excluding carboxylic acids is 1. The Kier molecular flexibility index (Phi) is 5.54. The van der Waals surface area contributed by atoms with Crippen molar-refractivity contribution in [3.63, 3.8) is 0 Å². The van der Waals surface area contributed by atoms with Crippen LogP contribution in [-0.2, 0) is 5.41 Å². The SMILES string of the molecule is CC(C)(C)c1ccc(NC(=O)c2cnc(-c3ccccc3Cl)c(Cl)c2)cc1. The molecule has 1 aromatic heterocycles. The van der Waals surface area contributed by atoms with Gasteiger partial charge in [-0.3, -0.25) is 9.78 Å². The van der Waals surface area contributed by atoms with E-state index >= 15 is 0 Å². The van der Waals surface area contributed by atoms with Gasteiger partial charge in [0.2, 0.25) is 0 Å². The molecular weight excluding hydrogens is 379 g/mol. The number of aromatic nitrogens is 1. The van der Waals surface area contributed by atoms with E-state index in [1.165, 1.54) is 11.8 Å². The summed E-state index contributed by atoms with van der Waals surface area (Å²) in [4.78, 5) is 16.9. The number of amides is 1. The number of benzene rings is 2. The lowest BCUT2D eigenvalue weighted by atomic mass is 9.87. The van der Waals surface area contributed by atoms with Crippen molar-refractivity contribution in [2.24, 2.45) is 0 Å². The van der Waals surface area contributed by atoms with Crippen molar-refractivity contribution >= 4 is 34.8 Å². The highest BCUT2D eigenvalue weighted by molar-refractivity contribution is 6.36. The minimum absolute atomic E-state index is 0.0640. The highest BCUT2D eigenvalue weighted by Gasteiger charge is 2.15. The lowest BCUT2D eigenvalue weighted by Gasteiger charge is -2.19. The monoisotopic (exact) mass is 398 g/mol. The van der Waals surface area contributed by atoms with Crippen LogP contribution in [-0.4, -0.2) is 10.9 Å². The van der Waals surface area contributed by atoms with E-state index in [2.05, 4.69) is 31.1 Å². The van der Waals surface area contributed by atoms with Crippen LogP contribution in [0.15, 0.2) is 60.8 Å². The first-order valence-corrected chi connectivity index (χ1v) is 9.33. The summed E-state index contributed by atoms with van der Waals surface area (Å²) >= 11 is 12.6. The Morgan fingerprint density at radius 1 is 0.963 bits per heavy atom. The predicted molar refractivity (Wildman–Crippen MR) is 113 cm³/mol. The molecule has 1 amide bonds. The summed E-state index contributed by atoms with van der Waals surface area (Å²) in [6.45, 7) is 6.44. The van der Waals surface area contributed by atoms with Crippen molar-refractivity contribution in [1.29, 1.82) is 0 Å². The zero-order valence-corrected chi connectivity index (χ0v) is 16.9. The molecular formula is C22H20Cl2N2O. The van der Waals surface area contributed by atoms with Crippen LogP contribution in [0.1, 0.15) is 36.7 Å². The van der Waals surface area contributed by atoms with Gasteiger partial charge in [-0.25, -0.2) is 0 Å². The molecule has 1 N–H and O–H groups in total. The molecule has 5 heteroatoms. The average Bonchev–Trinajstić information content (AvgIpc) is 2.62. The molecule has 0 aliphatic rings. The molecule has 0 fully saturated rings. The van der Waals surface area contributed by atoms with Gasteiger partial charge in [-0.05, 0) is 35.2 Å². The van der Waals surface area contributed by atoms with Gasteiger partial charge in [-0.2, -0.15) is 0 Å². The van der Waals surface area contributed by atoms with E-state index in [1.807, 2.05) is 42.5 Å².